The highest BCUT2D eigenvalue weighted by molar-refractivity contribution is 5.95. The highest BCUT2D eigenvalue weighted by atomic mass is 16.3. The average molecular weight is 296 g/mol. The predicted octanol–water partition coefficient (Wildman–Crippen LogP) is 1.20. The smallest absolute Gasteiger partial charge is 0.272 e. The molecule has 0 bridgehead atoms. The van der Waals surface area contributed by atoms with Crippen molar-refractivity contribution >= 4 is 22.5 Å². The Bertz CT molecular complexity index is 904. The SMILES string of the molecule is O=C(Cc1n[nH]c(=O)c2ccccc12)Nc1ncccc1O. The van der Waals surface area contributed by atoms with Crippen LogP contribution in [0.1, 0.15) is 5.69 Å². The number of nitrogens with zero attached hydrogens (tertiary/aromatic N) is 2. The van der Waals surface area contributed by atoms with Gasteiger partial charge in [-0.15, -0.1) is 0 Å². The molecular formula is C15H12N4O3. The molecule has 7 heteroatoms. The lowest BCUT2D eigenvalue weighted by Crippen LogP contribution is -2.19. The molecule has 1 aromatic carbocycles. The van der Waals surface area contributed by atoms with Crippen molar-refractivity contribution in [1.82, 2.24) is 15.2 Å². The molecule has 3 aromatic rings. The lowest BCUT2D eigenvalue weighted by atomic mass is 10.1. The van der Waals surface area contributed by atoms with Crippen LogP contribution in [0.15, 0.2) is 47.4 Å². The topological polar surface area (TPSA) is 108 Å². The summed E-state index contributed by atoms with van der Waals surface area (Å²) in [6.45, 7) is 0. The van der Waals surface area contributed by atoms with Crippen LogP contribution in [-0.2, 0) is 11.2 Å². The fraction of sp³-hybridized carbons (Fsp3) is 0.0667. The summed E-state index contributed by atoms with van der Waals surface area (Å²) in [4.78, 5) is 27.6. The lowest BCUT2D eigenvalue weighted by molar-refractivity contribution is -0.115. The van der Waals surface area contributed by atoms with Gasteiger partial charge in [0, 0.05) is 11.6 Å². The van der Waals surface area contributed by atoms with Gasteiger partial charge in [-0.1, -0.05) is 18.2 Å². The number of hydrogen-bond donors (Lipinski definition) is 3. The third-order valence-corrected chi connectivity index (χ3v) is 3.15. The van der Waals surface area contributed by atoms with Gasteiger partial charge in [-0.2, -0.15) is 5.10 Å². The number of hydrogen-bond acceptors (Lipinski definition) is 5. The first-order chi connectivity index (χ1) is 10.6. The summed E-state index contributed by atoms with van der Waals surface area (Å²) in [6, 6.07) is 9.90. The number of rotatable bonds is 3. The van der Waals surface area contributed by atoms with E-state index in [1.54, 1.807) is 30.3 Å². The Labute approximate surface area is 124 Å². The third-order valence-electron chi connectivity index (χ3n) is 3.15. The minimum Gasteiger partial charge on any atom is -0.504 e. The van der Waals surface area contributed by atoms with Crippen molar-refractivity contribution in [3.05, 3.63) is 58.6 Å². The molecule has 110 valence electrons. The summed E-state index contributed by atoms with van der Waals surface area (Å²) in [7, 11) is 0. The summed E-state index contributed by atoms with van der Waals surface area (Å²) in [6.07, 6.45) is 1.41. The Balaban J connectivity index is 1.88. The minimum atomic E-state index is -0.390. The summed E-state index contributed by atoms with van der Waals surface area (Å²) in [5, 5.41) is 19.5. The molecule has 2 heterocycles. The Morgan fingerprint density at radius 1 is 1.18 bits per heavy atom. The van der Waals surface area contributed by atoms with Crippen LogP contribution in [0.5, 0.6) is 5.75 Å². The first-order valence-electron chi connectivity index (χ1n) is 6.55. The van der Waals surface area contributed by atoms with Gasteiger partial charge in [0.05, 0.1) is 17.5 Å². The summed E-state index contributed by atoms with van der Waals surface area (Å²) >= 11 is 0. The van der Waals surface area contributed by atoms with E-state index in [4.69, 9.17) is 0 Å². The Hall–Kier alpha value is -3.22. The monoisotopic (exact) mass is 296 g/mol. The Morgan fingerprint density at radius 3 is 2.73 bits per heavy atom. The zero-order valence-corrected chi connectivity index (χ0v) is 11.4. The zero-order chi connectivity index (χ0) is 15.5. The average Bonchev–Trinajstić information content (AvgIpc) is 2.53. The first-order valence-corrected chi connectivity index (χ1v) is 6.55. The van der Waals surface area contributed by atoms with Gasteiger partial charge < -0.3 is 10.4 Å². The number of fused-ring (bicyclic) bond motifs is 1. The Morgan fingerprint density at radius 2 is 1.95 bits per heavy atom. The third kappa shape index (κ3) is 2.64. The van der Waals surface area contributed by atoms with Crippen molar-refractivity contribution in [3.63, 3.8) is 0 Å². The fourth-order valence-electron chi connectivity index (χ4n) is 2.13. The number of nitrogens with one attached hydrogen (secondary N) is 2. The molecule has 3 rings (SSSR count). The van der Waals surface area contributed by atoms with Crippen molar-refractivity contribution in [2.24, 2.45) is 0 Å². The molecule has 0 aliphatic carbocycles. The molecule has 0 unspecified atom stereocenters. The van der Waals surface area contributed by atoms with E-state index in [2.05, 4.69) is 20.5 Å². The van der Waals surface area contributed by atoms with Crippen LogP contribution in [0.3, 0.4) is 0 Å². The normalized spacial score (nSPS) is 10.5. The van der Waals surface area contributed by atoms with E-state index in [1.807, 2.05) is 0 Å². The molecule has 0 atom stereocenters. The second-order valence-corrected chi connectivity index (χ2v) is 4.64. The van der Waals surface area contributed by atoms with Crippen LogP contribution in [0, 0.1) is 0 Å². The summed E-state index contributed by atoms with van der Waals surface area (Å²) in [5.41, 5.74) is 0.144. The van der Waals surface area contributed by atoms with Gasteiger partial charge in [0.1, 0.15) is 0 Å². The fourth-order valence-corrected chi connectivity index (χ4v) is 2.13. The molecule has 0 aliphatic heterocycles. The van der Waals surface area contributed by atoms with Gasteiger partial charge in [0.25, 0.3) is 5.56 Å². The van der Waals surface area contributed by atoms with E-state index >= 15 is 0 Å². The lowest BCUT2D eigenvalue weighted by Gasteiger charge is -2.07. The number of anilines is 1. The molecule has 7 nitrogen and oxygen atoms in total. The predicted molar refractivity (Wildman–Crippen MR) is 80.6 cm³/mol. The Kier molecular flexibility index (Phi) is 3.53. The van der Waals surface area contributed by atoms with Gasteiger partial charge in [0.2, 0.25) is 5.91 Å². The quantitative estimate of drug-likeness (QED) is 0.673. The second kappa shape index (κ2) is 5.65. The van der Waals surface area contributed by atoms with E-state index in [-0.39, 0.29) is 23.5 Å². The second-order valence-electron chi connectivity index (χ2n) is 4.64. The van der Waals surface area contributed by atoms with Crippen LogP contribution in [0.2, 0.25) is 0 Å². The van der Waals surface area contributed by atoms with Crippen LogP contribution in [0.4, 0.5) is 5.82 Å². The number of aromatic hydroxyl groups is 1. The number of benzene rings is 1. The van der Waals surface area contributed by atoms with Crippen LogP contribution in [0.25, 0.3) is 10.8 Å². The van der Waals surface area contributed by atoms with Crippen molar-refractivity contribution < 1.29 is 9.90 Å². The molecule has 3 N–H and O–H groups in total. The number of amides is 1. The summed E-state index contributed by atoms with van der Waals surface area (Å²) < 4.78 is 0. The molecule has 1 amide bonds. The molecule has 0 aliphatic rings. The zero-order valence-electron chi connectivity index (χ0n) is 11.4. The van der Waals surface area contributed by atoms with Crippen molar-refractivity contribution in [1.29, 1.82) is 0 Å². The highest BCUT2D eigenvalue weighted by Gasteiger charge is 2.12. The minimum absolute atomic E-state index is 0.0483. The molecular weight excluding hydrogens is 284 g/mol. The molecule has 2 aromatic heterocycles. The van der Waals surface area contributed by atoms with Gasteiger partial charge in [-0.3, -0.25) is 9.59 Å². The van der Waals surface area contributed by atoms with E-state index in [0.717, 1.165) is 0 Å². The summed E-state index contributed by atoms with van der Waals surface area (Å²) in [5.74, 6) is -0.421. The molecule has 0 saturated heterocycles. The van der Waals surface area contributed by atoms with Crippen LogP contribution in [-0.4, -0.2) is 26.2 Å². The number of H-pyrrole nitrogens is 1. The van der Waals surface area contributed by atoms with Crippen LogP contribution >= 0.6 is 0 Å². The van der Waals surface area contributed by atoms with E-state index in [0.29, 0.717) is 16.5 Å². The number of aromatic amines is 1. The number of carbonyl (C=O) groups is 1. The standard InChI is InChI=1S/C15H12N4O3/c20-12-6-3-7-16-14(12)17-13(21)8-11-9-4-1-2-5-10(9)15(22)19-18-11/h1-7,20H,8H2,(H,19,22)(H,16,17,21). The van der Waals surface area contributed by atoms with Gasteiger partial charge >= 0.3 is 0 Å². The van der Waals surface area contributed by atoms with E-state index < -0.39 is 5.91 Å². The molecule has 0 spiro atoms. The number of carbonyl (C=O) groups excluding carboxylic acids is 1. The molecule has 22 heavy (non-hydrogen) atoms. The maximum Gasteiger partial charge on any atom is 0.272 e. The number of pyridine rings is 1. The molecule has 0 saturated carbocycles. The van der Waals surface area contributed by atoms with E-state index in [1.165, 1.54) is 12.3 Å². The van der Waals surface area contributed by atoms with Crippen LogP contribution < -0.4 is 10.9 Å². The van der Waals surface area contributed by atoms with Gasteiger partial charge in [-0.25, -0.2) is 10.1 Å². The van der Waals surface area contributed by atoms with Gasteiger partial charge in [0.15, 0.2) is 11.6 Å². The number of aromatic nitrogens is 3. The highest BCUT2D eigenvalue weighted by Crippen LogP contribution is 2.19. The maximum absolute atomic E-state index is 12.1. The largest absolute Gasteiger partial charge is 0.504 e. The molecule has 0 fully saturated rings. The maximum atomic E-state index is 12.1. The molecule has 0 radical (unpaired) electrons. The first kappa shape index (κ1) is 13.7. The van der Waals surface area contributed by atoms with Crippen molar-refractivity contribution in [2.45, 2.75) is 6.42 Å². The van der Waals surface area contributed by atoms with Gasteiger partial charge in [-0.05, 0) is 18.2 Å². The van der Waals surface area contributed by atoms with E-state index in [9.17, 15) is 14.7 Å². The van der Waals surface area contributed by atoms with Crippen molar-refractivity contribution in [3.8, 4) is 5.75 Å². The van der Waals surface area contributed by atoms with Crippen molar-refractivity contribution in [2.75, 3.05) is 5.32 Å².